The number of aromatic nitrogens is 1. The summed E-state index contributed by atoms with van der Waals surface area (Å²) in [6.45, 7) is 0. The summed E-state index contributed by atoms with van der Waals surface area (Å²) < 4.78 is 29.7. The van der Waals surface area contributed by atoms with E-state index in [1.165, 1.54) is 0 Å². The van der Waals surface area contributed by atoms with Crippen molar-refractivity contribution in [1.29, 1.82) is 0 Å². The van der Waals surface area contributed by atoms with Gasteiger partial charge in [0.15, 0.2) is 0 Å². The van der Waals surface area contributed by atoms with E-state index in [1.807, 2.05) is 60.7 Å². The molecule has 2 aromatic rings. The van der Waals surface area contributed by atoms with Crippen LogP contribution in [0.5, 0.6) is 0 Å². The number of pyridine rings is 1. The number of benzene rings is 1. The van der Waals surface area contributed by atoms with E-state index in [2.05, 4.69) is 14.3 Å². The first-order valence-corrected chi connectivity index (χ1v) is 7.54. The molecule has 1 heterocycles. The monoisotopic (exact) mass is 323 g/mol. The fraction of sp³-hybridized carbons (Fsp3) is 0.143. The van der Waals surface area contributed by atoms with Gasteiger partial charge < -0.3 is 0 Å². The first-order chi connectivity index (χ1) is 10.4. The highest BCUT2D eigenvalue weighted by Crippen LogP contribution is 2.10. The van der Waals surface area contributed by atoms with Crippen molar-refractivity contribution in [2.75, 3.05) is 19.2 Å². The molecule has 0 fully saturated rings. The number of rotatable bonds is 4. The second-order valence-corrected chi connectivity index (χ2v) is 5.17. The van der Waals surface area contributed by atoms with E-state index in [9.17, 15) is 8.42 Å². The Morgan fingerprint density at radius 1 is 1.18 bits per heavy atom. The lowest BCUT2D eigenvalue weighted by Gasteiger charge is -2.11. The highest BCUT2D eigenvalue weighted by Gasteiger charge is 1.95. The molecule has 0 radical (unpaired) electrons. The molecule has 0 aliphatic rings. The van der Waals surface area contributed by atoms with Crippen LogP contribution in [0.25, 0.3) is 0 Å². The second-order valence-electron chi connectivity index (χ2n) is 3.98. The summed E-state index contributed by atoms with van der Waals surface area (Å²) in [7, 11) is -1.37. The van der Waals surface area contributed by atoms with Crippen LogP contribution in [0, 0.1) is 0 Å². The average Bonchev–Trinajstić information content (AvgIpc) is 2.54. The molecule has 118 valence electrons. The highest BCUT2D eigenvalue weighted by atomic mass is 32.3. The molecule has 22 heavy (non-hydrogen) atoms. The summed E-state index contributed by atoms with van der Waals surface area (Å²) in [5.41, 5.74) is 2.10. The van der Waals surface area contributed by atoms with Crippen molar-refractivity contribution >= 4 is 22.3 Å². The number of anilines is 1. The van der Waals surface area contributed by atoms with Crippen molar-refractivity contribution in [3.8, 4) is 0 Å². The highest BCUT2D eigenvalue weighted by molar-refractivity contribution is 7.80. The molecule has 0 aliphatic heterocycles. The first kappa shape index (κ1) is 17.8. The molecule has 0 unspecified atom stereocenters. The van der Waals surface area contributed by atoms with Gasteiger partial charge in [0, 0.05) is 19.4 Å². The van der Waals surface area contributed by atoms with Gasteiger partial charge in [-0.15, -0.1) is 0 Å². The van der Waals surface area contributed by atoms with E-state index in [0.717, 1.165) is 18.4 Å². The summed E-state index contributed by atoms with van der Waals surface area (Å²) in [5.74, 6) is 0. The number of para-hydroxylation sites is 1. The molecule has 1 aromatic carbocycles. The number of hydrogen-bond acceptors (Lipinski definition) is 6. The molecule has 0 spiro atoms. The van der Waals surface area contributed by atoms with Gasteiger partial charge in [0.1, 0.15) is 0 Å². The fourth-order valence-corrected chi connectivity index (χ4v) is 1.31. The van der Waals surface area contributed by atoms with Crippen LogP contribution in [0.3, 0.4) is 0 Å². The molecule has 0 bridgehead atoms. The lowest BCUT2D eigenvalue weighted by Crippen LogP contribution is -2.08. The minimum Gasteiger partial charge on any atom is -0.269 e. The second kappa shape index (κ2) is 8.88. The molecular weight excluding hydrogens is 306 g/mol. The maximum Gasteiger partial charge on any atom is 0.397 e. The molecule has 2 rings (SSSR count). The van der Waals surface area contributed by atoms with Gasteiger partial charge in [-0.05, 0) is 29.8 Å². The smallest absolute Gasteiger partial charge is 0.269 e. The third kappa shape index (κ3) is 7.48. The molecule has 0 atom stereocenters. The lowest BCUT2D eigenvalue weighted by atomic mass is 10.3. The standard InChI is InChI=1S/C13H13N3.CH4O4S/c1-16(13-5-3-2-4-6-13)15-11-12-7-9-14-10-8-12;1-5-6(2,3)4/h2-11H,1H3;1H3,(H,2,3,4)/b15-11+;. The molecular formula is C14H17N3O4S. The van der Waals surface area contributed by atoms with Crippen molar-refractivity contribution in [3.05, 3.63) is 60.4 Å². The summed E-state index contributed by atoms with van der Waals surface area (Å²) >= 11 is 0. The molecule has 8 heteroatoms. The number of nitrogens with zero attached hydrogens (tertiary/aromatic N) is 3. The molecule has 0 saturated carbocycles. The topological polar surface area (TPSA) is 92.1 Å². The summed E-state index contributed by atoms with van der Waals surface area (Å²) in [6.07, 6.45) is 5.32. The van der Waals surface area contributed by atoms with Crippen LogP contribution in [0.1, 0.15) is 5.56 Å². The quantitative estimate of drug-likeness (QED) is 0.525. The Morgan fingerprint density at radius 3 is 2.23 bits per heavy atom. The summed E-state index contributed by atoms with van der Waals surface area (Å²) in [5, 5.41) is 6.18. The van der Waals surface area contributed by atoms with E-state index in [0.29, 0.717) is 0 Å². The third-order valence-electron chi connectivity index (χ3n) is 2.43. The van der Waals surface area contributed by atoms with Crippen molar-refractivity contribution in [3.63, 3.8) is 0 Å². The van der Waals surface area contributed by atoms with Crippen LogP contribution in [0.2, 0.25) is 0 Å². The van der Waals surface area contributed by atoms with E-state index in [1.54, 1.807) is 12.4 Å². The SMILES string of the molecule is CN(/N=C/c1ccncc1)c1ccccc1.COS(=O)(=O)O. The first-order valence-electron chi connectivity index (χ1n) is 6.18. The molecule has 0 saturated heterocycles. The van der Waals surface area contributed by atoms with E-state index >= 15 is 0 Å². The van der Waals surface area contributed by atoms with Gasteiger partial charge in [0.25, 0.3) is 0 Å². The average molecular weight is 323 g/mol. The van der Waals surface area contributed by atoms with Crippen LogP contribution in [0.4, 0.5) is 5.69 Å². The normalized spacial score (nSPS) is 10.9. The Labute approximate surface area is 129 Å². The molecule has 1 N–H and O–H groups in total. The largest absolute Gasteiger partial charge is 0.397 e. The predicted octanol–water partition coefficient (Wildman–Crippen LogP) is 1.99. The Bertz CT molecular complexity index is 676. The van der Waals surface area contributed by atoms with E-state index in [4.69, 9.17) is 4.55 Å². The van der Waals surface area contributed by atoms with Crippen LogP contribution in [-0.4, -0.2) is 38.3 Å². The van der Waals surface area contributed by atoms with Crippen molar-refractivity contribution in [2.24, 2.45) is 5.10 Å². The fourth-order valence-electron chi connectivity index (χ4n) is 1.31. The number of hydrogen-bond donors (Lipinski definition) is 1. The Hall–Kier alpha value is -2.29. The predicted molar refractivity (Wildman–Crippen MR) is 85.2 cm³/mol. The summed E-state index contributed by atoms with van der Waals surface area (Å²) in [6, 6.07) is 13.9. The zero-order chi connectivity index (χ0) is 16.4. The van der Waals surface area contributed by atoms with Crippen molar-refractivity contribution < 1.29 is 17.2 Å². The minimum absolute atomic E-state index is 0.870. The summed E-state index contributed by atoms with van der Waals surface area (Å²) in [4.78, 5) is 3.96. The Kier molecular flexibility index (Phi) is 7.17. The maximum atomic E-state index is 9.33. The number of hydrazone groups is 1. The van der Waals surface area contributed by atoms with Crippen LogP contribution in [-0.2, 0) is 14.6 Å². The maximum absolute atomic E-state index is 9.33. The zero-order valence-electron chi connectivity index (χ0n) is 12.2. The van der Waals surface area contributed by atoms with E-state index in [-0.39, 0.29) is 0 Å². The van der Waals surface area contributed by atoms with Gasteiger partial charge in [-0.3, -0.25) is 18.7 Å². The Balaban J connectivity index is 0.000000346. The zero-order valence-corrected chi connectivity index (χ0v) is 13.0. The molecule has 7 nitrogen and oxygen atoms in total. The molecule has 0 aliphatic carbocycles. The lowest BCUT2D eigenvalue weighted by molar-refractivity contribution is 0.324. The van der Waals surface area contributed by atoms with Crippen LogP contribution >= 0.6 is 0 Å². The van der Waals surface area contributed by atoms with Gasteiger partial charge in [0.2, 0.25) is 0 Å². The van der Waals surface area contributed by atoms with Crippen molar-refractivity contribution in [2.45, 2.75) is 0 Å². The molecule has 0 amide bonds. The van der Waals surface area contributed by atoms with Gasteiger partial charge in [-0.1, -0.05) is 18.2 Å². The Morgan fingerprint density at radius 2 is 1.73 bits per heavy atom. The van der Waals surface area contributed by atoms with Gasteiger partial charge in [-0.25, -0.2) is 0 Å². The van der Waals surface area contributed by atoms with Gasteiger partial charge in [-0.2, -0.15) is 13.5 Å². The van der Waals surface area contributed by atoms with Gasteiger partial charge >= 0.3 is 10.4 Å². The third-order valence-corrected chi connectivity index (χ3v) is 2.85. The minimum atomic E-state index is -4.16. The molecule has 1 aromatic heterocycles. The van der Waals surface area contributed by atoms with E-state index < -0.39 is 10.4 Å². The van der Waals surface area contributed by atoms with Crippen molar-refractivity contribution in [1.82, 2.24) is 4.98 Å². The van der Waals surface area contributed by atoms with Gasteiger partial charge in [0.05, 0.1) is 19.0 Å². The van der Waals surface area contributed by atoms with Crippen LogP contribution in [0.15, 0.2) is 60.0 Å². The van der Waals surface area contributed by atoms with Crippen LogP contribution < -0.4 is 5.01 Å².